The van der Waals surface area contributed by atoms with Gasteiger partial charge in [-0.25, -0.2) is 4.39 Å². The average Bonchev–Trinajstić information content (AvgIpc) is 2.74. The highest BCUT2D eigenvalue weighted by molar-refractivity contribution is 5.79. The zero-order valence-corrected chi connectivity index (χ0v) is 17.6. The fraction of sp³-hybridized carbons (Fsp3) is 0.458. The van der Waals surface area contributed by atoms with Gasteiger partial charge in [-0.2, -0.15) is 0 Å². The molecule has 0 saturated carbocycles. The normalized spacial score (nSPS) is 19.0. The highest BCUT2D eigenvalue weighted by Crippen LogP contribution is 2.23. The predicted molar refractivity (Wildman–Crippen MR) is 114 cm³/mol. The maximum Gasteiger partial charge on any atom is 0.227 e. The van der Waals surface area contributed by atoms with Crippen molar-refractivity contribution in [1.29, 1.82) is 0 Å². The van der Waals surface area contributed by atoms with E-state index in [0.717, 1.165) is 23.4 Å². The Hall–Kier alpha value is -2.47. The van der Waals surface area contributed by atoms with E-state index < -0.39 is 6.67 Å². The van der Waals surface area contributed by atoms with Gasteiger partial charge in [0.05, 0.1) is 19.2 Å². The Bertz CT molecular complexity index is 809. The van der Waals surface area contributed by atoms with Gasteiger partial charge in [0.2, 0.25) is 5.91 Å². The van der Waals surface area contributed by atoms with Crippen LogP contribution < -0.4 is 10.1 Å². The van der Waals surface area contributed by atoms with Gasteiger partial charge in [0.1, 0.15) is 11.6 Å². The van der Waals surface area contributed by atoms with Crippen LogP contribution in [0.15, 0.2) is 48.5 Å². The van der Waals surface area contributed by atoms with Crippen LogP contribution in [0.3, 0.4) is 0 Å². The average molecular weight is 417 g/mol. The van der Waals surface area contributed by atoms with Gasteiger partial charge in [0.15, 0.2) is 0 Å². The molecule has 1 aliphatic rings. The van der Waals surface area contributed by atoms with E-state index in [0.29, 0.717) is 19.5 Å². The summed E-state index contributed by atoms with van der Waals surface area (Å²) in [4.78, 5) is 15.1. The van der Waals surface area contributed by atoms with Crippen molar-refractivity contribution in [2.24, 2.45) is 5.92 Å². The van der Waals surface area contributed by atoms with Gasteiger partial charge in [-0.15, -0.1) is 0 Å². The Kier molecular flexibility index (Phi) is 7.80. The van der Waals surface area contributed by atoms with E-state index in [9.17, 15) is 13.6 Å². The van der Waals surface area contributed by atoms with Crippen LogP contribution in [0.4, 0.5) is 8.78 Å². The largest absolute Gasteiger partial charge is 0.491 e. The van der Waals surface area contributed by atoms with Crippen LogP contribution in [0, 0.1) is 11.7 Å². The smallest absolute Gasteiger partial charge is 0.227 e. The Balaban J connectivity index is 1.77. The molecule has 2 aromatic rings. The lowest BCUT2D eigenvalue weighted by atomic mass is 9.92. The molecular weight excluding hydrogens is 386 g/mol. The van der Waals surface area contributed by atoms with E-state index in [4.69, 9.17) is 4.74 Å². The molecule has 0 bridgehead atoms. The highest BCUT2D eigenvalue weighted by atomic mass is 19.1. The topological polar surface area (TPSA) is 41.6 Å². The van der Waals surface area contributed by atoms with Crippen LogP contribution in [-0.2, 0) is 17.8 Å². The molecule has 1 N–H and O–H groups in total. The molecule has 1 saturated heterocycles. The van der Waals surface area contributed by atoms with E-state index in [1.54, 1.807) is 17.0 Å². The van der Waals surface area contributed by atoms with Gasteiger partial charge in [0, 0.05) is 25.0 Å². The second kappa shape index (κ2) is 10.5. The number of carbonyl (C=O) groups is 1. The van der Waals surface area contributed by atoms with Gasteiger partial charge in [-0.05, 0) is 62.2 Å². The van der Waals surface area contributed by atoms with Crippen LogP contribution in [0.25, 0.3) is 0 Å². The second-order valence-corrected chi connectivity index (χ2v) is 8.11. The first-order valence-corrected chi connectivity index (χ1v) is 10.5. The Labute approximate surface area is 177 Å². The van der Waals surface area contributed by atoms with E-state index in [1.165, 1.54) is 12.1 Å². The third-order valence-electron chi connectivity index (χ3n) is 5.40. The molecule has 1 aliphatic heterocycles. The van der Waals surface area contributed by atoms with Crippen molar-refractivity contribution >= 4 is 5.91 Å². The summed E-state index contributed by atoms with van der Waals surface area (Å²) in [5.41, 5.74) is 1.72. The summed E-state index contributed by atoms with van der Waals surface area (Å²) in [5.74, 6) is 0.149. The first-order chi connectivity index (χ1) is 14.5. The lowest BCUT2D eigenvalue weighted by Gasteiger charge is -2.39. The number of halogens is 2. The second-order valence-electron chi connectivity index (χ2n) is 8.11. The van der Waals surface area contributed by atoms with E-state index in [2.05, 4.69) is 5.32 Å². The quantitative estimate of drug-likeness (QED) is 0.704. The predicted octanol–water partition coefficient (Wildman–Crippen LogP) is 4.13. The molecular formula is C24H30F2N2O2. The van der Waals surface area contributed by atoms with Crippen molar-refractivity contribution in [3.05, 3.63) is 65.5 Å². The molecule has 0 spiro atoms. The van der Waals surface area contributed by atoms with Crippen LogP contribution >= 0.6 is 0 Å². The van der Waals surface area contributed by atoms with E-state index in [-0.39, 0.29) is 36.2 Å². The first kappa shape index (κ1) is 22.2. The fourth-order valence-electron chi connectivity index (χ4n) is 3.89. The van der Waals surface area contributed by atoms with Crippen LogP contribution in [0.2, 0.25) is 0 Å². The molecule has 2 atom stereocenters. The minimum absolute atomic E-state index is 0.0535. The number of nitrogens with zero attached hydrogens (tertiary/aromatic N) is 1. The van der Waals surface area contributed by atoms with Crippen molar-refractivity contribution in [3.8, 4) is 5.75 Å². The zero-order valence-electron chi connectivity index (χ0n) is 17.6. The van der Waals surface area contributed by atoms with Gasteiger partial charge in [-0.1, -0.05) is 24.3 Å². The summed E-state index contributed by atoms with van der Waals surface area (Å²) >= 11 is 0. The molecule has 2 aromatic carbocycles. The maximum absolute atomic E-state index is 13.7. The number of benzene rings is 2. The number of hydrogen-bond donors (Lipinski definition) is 1. The van der Waals surface area contributed by atoms with Gasteiger partial charge in [-0.3, -0.25) is 9.18 Å². The molecule has 6 heteroatoms. The van der Waals surface area contributed by atoms with Crippen molar-refractivity contribution in [3.63, 3.8) is 0 Å². The van der Waals surface area contributed by atoms with Crippen LogP contribution in [0.1, 0.15) is 31.4 Å². The molecule has 1 fully saturated rings. The summed E-state index contributed by atoms with van der Waals surface area (Å²) in [6, 6.07) is 13.5. The monoisotopic (exact) mass is 416 g/mol. The number of carbonyl (C=O) groups excluding carboxylic acids is 1. The third-order valence-corrected chi connectivity index (χ3v) is 5.40. The molecule has 1 amide bonds. The summed E-state index contributed by atoms with van der Waals surface area (Å²) in [5, 5.41) is 3.21. The number of alkyl halides is 1. The standard InChI is InChI=1S/C24H30F2N2O2/c1-17(2)30-22-9-5-18(6-10-22)13-24(29)28(16-19-3-7-21(26)8-4-19)23-11-12-27-15-20(23)14-25/h3-10,17,20,23,27H,11-16H2,1-2H3/t20-,23+/m1/s1. The van der Waals surface area contributed by atoms with E-state index in [1.807, 2.05) is 38.1 Å². The minimum atomic E-state index is -0.480. The summed E-state index contributed by atoms with van der Waals surface area (Å²) < 4.78 is 32.6. The Morgan fingerprint density at radius 2 is 1.80 bits per heavy atom. The number of amides is 1. The number of rotatable bonds is 8. The molecule has 162 valence electrons. The molecule has 1 heterocycles. The summed E-state index contributed by atoms with van der Waals surface area (Å²) in [7, 11) is 0. The van der Waals surface area contributed by atoms with Gasteiger partial charge < -0.3 is 15.0 Å². The fourth-order valence-corrected chi connectivity index (χ4v) is 3.89. The number of nitrogens with one attached hydrogen (secondary N) is 1. The minimum Gasteiger partial charge on any atom is -0.491 e. The molecule has 30 heavy (non-hydrogen) atoms. The zero-order chi connectivity index (χ0) is 21.5. The molecule has 4 nitrogen and oxygen atoms in total. The molecule has 3 rings (SSSR count). The maximum atomic E-state index is 13.7. The number of hydrogen-bond acceptors (Lipinski definition) is 3. The molecule has 0 radical (unpaired) electrons. The third kappa shape index (κ3) is 6.02. The van der Waals surface area contributed by atoms with Crippen molar-refractivity contribution < 1.29 is 18.3 Å². The number of piperidine rings is 1. The SMILES string of the molecule is CC(C)Oc1ccc(CC(=O)N(Cc2ccc(F)cc2)[C@H]2CCNC[C@H]2CF)cc1. The van der Waals surface area contributed by atoms with Gasteiger partial charge in [0.25, 0.3) is 0 Å². The Morgan fingerprint density at radius 3 is 2.43 bits per heavy atom. The summed E-state index contributed by atoms with van der Waals surface area (Å²) in [6.45, 7) is 5.09. The highest BCUT2D eigenvalue weighted by Gasteiger charge is 2.33. The molecule has 0 aliphatic carbocycles. The van der Waals surface area contributed by atoms with Gasteiger partial charge >= 0.3 is 0 Å². The summed E-state index contributed by atoms with van der Waals surface area (Å²) in [6.07, 6.45) is 1.01. The first-order valence-electron chi connectivity index (χ1n) is 10.5. The lowest BCUT2D eigenvalue weighted by Crippen LogP contribution is -2.52. The van der Waals surface area contributed by atoms with Crippen molar-refractivity contribution in [1.82, 2.24) is 10.2 Å². The van der Waals surface area contributed by atoms with Crippen molar-refractivity contribution in [2.75, 3.05) is 19.8 Å². The molecule has 0 aromatic heterocycles. The molecule has 0 unspecified atom stereocenters. The van der Waals surface area contributed by atoms with E-state index >= 15 is 0 Å². The lowest BCUT2D eigenvalue weighted by molar-refractivity contribution is -0.135. The Morgan fingerprint density at radius 1 is 1.13 bits per heavy atom. The number of ether oxygens (including phenoxy) is 1. The van der Waals surface area contributed by atoms with Crippen molar-refractivity contribution in [2.45, 2.75) is 45.4 Å². The van der Waals surface area contributed by atoms with Crippen LogP contribution in [0.5, 0.6) is 5.75 Å². The van der Waals surface area contributed by atoms with Crippen LogP contribution in [-0.4, -0.2) is 42.7 Å².